The number of carbonyl (C=O) groups excluding carboxylic acids is 1. The Kier molecular flexibility index (Phi) is 3.96. The molecule has 0 radical (unpaired) electrons. The second kappa shape index (κ2) is 5.50. The maximum Gasteiger partial charge on any atom is 0.293 e. The number of aromatic nitrogens is 1. The van der Waals surface area contributed by atoms with Gasteiger partial charge in [0.15, 0.2) is 6.39 Å². The zero-order chi connectivity index (χ0) is 14.0. The third-order valence-electron chi connectivity index (χ3n) is 2.45. The number of nitrogens with one attached hydrogen (secondary N) is 1. The molecule has 98 valence electrons. The molecule has 0 aliphatic heterocycles. The normalized spacial score (nSPS) is 10.2. The van der Waals surface area contributed by atoms with Gasteiger partial charge in [0.2, 0.25) is 5.76 Å². The summed E-state index contributed by atoms with van der Waals surface area (Å²) < 4.78 is 5.85. The second-order valence-corrected chi connectivity index (χ2v) is 5.13. The van der Waals surface area contributed by atoms with Gasteiger partial charge in [0.25, 0.3) is 5.91 Å². The molecule has 7 heteroatoms. The lowest BCUT2D eigenvalue weighted by Crippen LogP contribution is -2.17. The molecule has 1 aromatic carbocycles. The maximum absolute atomic E-state index is 12.0. The summed E-state index contributed by atoms with van der Waals surface area (Å²) in [5.41, 5.74) is 7.25. The van der Waals surface area contributed by atoms with Crippen LogP contribution >= 0.6 is 28.1 Å². The molecule has 0 bridgehead atoms. The number of thiocarbonyl (C=S) groups is 1. The average Bonchev–Trinajstić information content (AvgIpc) is 2.77. The summed E-state index contributed by atoms with van der Waals surface area (Å²) in [6.07, 6.45) is 1.22. The number of anilines is 1. The average molecular weight is 340 g/mol. The van der Waals surface area contributed by atoms with Gasteiger partial charge < -0.3 is 15.5 Å². The van der Waals surface area contributed by atoms with Crippen LogP contribution in [0.3, 0.4) is 0 Å². The Balaban J connectivity index is 2.32. The van der Waals surface area contributed by atoms with Crippen LogP contribution in [0.4, 0.5) is 5.69 Å². The van der Waals surface area contributed by atoms with Crippen LogP contribution in [0.15, 0.2) is 33.5 Å². The molecule has 0 atom stereocenters. The van der Waals surface area contributed by atoms with Crippen molar-refractivity contribution < 1.29 is 9.21 Å². The molecular formula is C12H10BrN3O2S. The molecule has 0 unspecified atom stereocenters. The summed E-state index contributed by atoms with van der Waals surface area (Å²) in [6.45, 7) is 1.69. The first-order valence-corrected chi connectivity index (χ1v) is 6.50. The monoisotopic (exact) mass is 339 g/mol. The minimum absolute atomic E-state index is 0.164. The van der Waals surface area contributed by atoms with Crippen molar-refractivity contribution in [3.63, 3.8) is 0 Å². The van der Waals surface area contributed by atoms with E-state index in [1.165, 1.54) is 6.39 Å². The first-order chi connectivity index (χ1) is 8.99. The van der Waals surface area contributed by atoms with E-state index in [-0.39, 0.29) is 10.7 Å². The third kappa shape index (κ3) is 2.99. The highest BCUT2D eigenvalue weighted by Crippen LogP contribution is 2.22. The van der Waals surface area contributed by atoms with Gasteiger partial charge in [-0.1, -0.05) is 28.1 Å². The van der Waals surface area contributed by atoms with Crippen LogP contribution < -0.4 is 11.1 Å². The van der Waals surface area contributed by atoms with Crippen molar-refractivity contribution in [3.05, 3.63) is 46.1 Å². The summed E-state index contributed by atoms with van der Waals surface area (Å²) in [4.78, 5) is 16.1. The summed E-state index contributed by atoms with van der Waals surface area (Å²) in [7, 11) is 0. The molecule has 5 nitrogen and oxygen atoms in total. The molecule has 2 rings (SSSR count). The Hall–Kier alpha value is -1.73. The fourth-order valence-electron chi connectivity index (χ4n) is 1.53. The molecule has 1 amide bonds. The van der Waals surface area contributed by atoms with Gasteiger partial charge in [0.1, 0.15) is 4.99 Å². The summed E-state index contributed by atoms with van der Waals surface area (Å²) in [5.74, 6) is -0.230. The predicted octanol–water partition coefficient (Wildman–Crippen LogP) is 2.63. The Morgan fingerprint density at radius 2 is 2.26 bits per heavy atom. The Bertz CT molecular complexity index is 654. The topological polar surface area (TPSA) is 81.2 Å². The molecule has 0 saturated heterocycles. The highest BCUT2D eigenvalue weighted by Gasteiger charge is 2.16. The van der Waals surface area contributed by atoms with Crippen molar-refractivity contribution in [2.24, 2.45) is 5.73 Å². The van der Waals surface area contributed by atoms with Gasteiger partial charge >= 0.3 is 0 Å². The van der Waals surface area contributed by atoms with Crippen LogP contribution in [0.5, 0.6) is 0 Å². The quantitative estimate of drug-likeness (QED) is 0.840. The van der Waals surface area contributed by atoms with Crippen molar-refractivity contribution in [2.75, 3.05) is 5.32 Å². The number of hydrogen-bond donors (Lipinski definition) is 2. The van der Waals surface area contributed by atoms with Crippen molar-refractivity contribution in [1.82, 2.24) is 4.98 Å². The SMILES string of the molecule is Cc1ncoc1C(=O)Nc1ccc(Br)cc1C(N)=S. The van der Waals surface area contributed by atoms with Crippen molar-refractivity contribution in [2.45, 2.75) is 6.92 Å². The zero-order valence-electron chi connectivity index (χ0n) is 9.94. The van der Waals surface area contributed by atoms with E-state index in [2.05, 4.69) is 26.2 Å². The van der Waals surface area contributed by atoms with Crippen molar-refractivity contribution >= 4 is 44.7 Å². The minimum atomic E-state index is -0.394. The van der Waals surface area contributed by atoms with Gasteiger partial charge in [0.05, 0.1) is 11.4 Å². The summed E-state index contributed by atoms with van der Waals surface area (Å²) >= 11 is 8.28. The molecule has 19 heavy (non-hydrogen) atoms. The maximum atomic E-state index is 12.0. The molecule has 0 spiro atoms. The smallest absolute Gasteiger partial charge is 0.293 e. The summed E-state index contributed by atoms with van der Waals surface area (Å²) in [6, 6.07) is 5.23. The van der Waals surface area contributed by atoms with Crippen molar-refractivity contribution in [1.29, 1.82) is 0 Å². The van der Waals surface area contributed by atoms with E-state index in [0.29, 0.717) is 16.9 Å². The second-order valence-electron chi connectivity index (χ2n) is 3.78. The number of nitrogens with two attached hydrogens (primary N) is 1. The van der Waals surface area contributed by atoms with Gasteiger partial charge in [-0.15, -0.1) is 0 Å². The highest BCUT2D eigenvalue weighted by molar-refractivity contribution is 9.10. The van der Waals surface area contributed by atoms with E-state index in [4.69, 9.17) is 22.4 Å². The van der Waals surface area contributed by atoms with E-state index in [0.717, 1.165) is 4.47 Å². The number of rotatable bonds is 3. The van der Waals surface area contributed by atoms with Gasteiger partial charge in [-0.3, -0.25) is 4.79 Å². The lowest BCUT2D eigenvalue weighted by molar-refractivity contribution is 0.0996. The molecule has 3 N–H and O–H groups in total. The number of aryl methyl sites for hydroxylation is 1. The Morgan fingerprint density at radius 3 is 2.84 bits per heavy atom. The standard InChI is InChI=1S/C12H10BrN3O2S/c1-6-10(18-5-15-6)12(17)16-9-3-2-7(13)4-8(9)11(14)19/h2-5H,1H3,(H2,14,19)(H,16,17). The molecule has 0 aliphatic carbocycles. The van der Waals surface area contributed by atoms with Crippen molar-refractivity contribution in [3.8, 4) is 0 Å². The van der Waals surface area contributed by atoms with E-state index < -0.39 is 5.91 Å². The van der Waals surface area contributed by atoms with Crippen LogP contribution in [-0.4, -0.2) is 15.9 Å². The Morgan fingerprint density at radius 1 is 1.53 bits per heavy atom. The van der Waals surface area contributed by atoms with Crippen LogP contribution in [0.2, 0.25) is 0 Å². The van der Waals surface area contributed by atoms with Gasteiger partial charge in [-0.25, -0.2) is 4.98 Å². The van der Waals surface area contributed by atoms with E-state index >= 15 is 0 Å². The van der Waals surface area contributed by atoms with Gasteiger partial charge in [0, 0.05) is 10.0 Å². The predicted molar refractivity (Wildman–Crippen MR) is 79.2 cm³/mol. The highest BCUT2D eigenvalue weighted by atomic mass is 79.9. The number of carbonyl (C=O) groups is 1. The number of nitrogens with zero attached hydrogens (tertiary/aromatic N) is 1. The Labute approximate surface area is 123 Å². The molecule has 0 saturated carbocycles. The van der Waals surface area contributed by atoms with Gasteiger partial charge in [-0.2, -0.15) is 0 Å². The lowest BCUT2D eigenvalue weighted by atomic mass is 10.1. The molecule has 1 aromatic heterocycles. The van der Waals surface area contributed by atoms with E-state index in [9.17, 15) is 4.79 Å². The first-order valence-electron chi connectivity index (χ1n) is 5.30. The number of benzene rings is 1. The van der Waals surface area contributed by atoms with Crippen LogP contribution in [0, 0.1) is 6.92 Å². The fraction of sp³-hybridized carbons (Fsp3) is 0.0833. The van der Waals surface area contributed by atoms with E-state index in [1.807, 2.05) is 0 Å². The van der Waals surface area contributed by atoms with Crippen LogP contribution in [0.25, 0.3) is 0 Å². The third-order valence-corrected chi connectivity index (χ3v) is 3.16. The first kappa shape index (κ1) is 13.7. The number of oxazole rings is 1. The largest absolute Gasteiger partial charge is 0.438 e. The number of amides is 1. The summed E-state index contributed by atoms with van der Waals surface area (Å²) in [5, 5.41) is 2.70. The van der Waals surface area contributed by atoms with Gasteiger partial charge in [-0.05, 0) is 25.1 Å². The number of halogens is 1. The number of hydrogen-bond acceptors (Lipinski definition) is 4. The van der Waals surface area contributed by atoms with Crippen LogP contribution in [0.1, 0.15) is 21.8 Å². The molecule has 0 aliphatic rings. The molecule has 0 fully saturated rings. The lowest BCUT2D eigenvalue weighted by Gasteiger charge is -2.09. The van der Waals surface area contributed by atoms with Crippen LogP contribution in [-0.2, 0) is 0 Å². The molecule has 1 heterocycles. The van der Waals surface area contributed by atoms with E-state index in [1.54, 1.807) is 25.1 Å². The zero-order valence-corrected chi connectivity index (χ0v) is 12.3. The minimum Gasteiger partial charge on any atom is -0.438 e. The fourth-order valence-corrected chi connectivity index (χ4v) is 2.06. The molecular weight excluding hydrogens is 330 g/mol. The molecule has 2 aromatic rings.